The van der Waals surface area contributed by atoms with Crippen LogP contribution in [0.25, 0.3) is 0 Å². The molecule has 1 atom stereocenters. The molecular formula is C16H17N3O2. The molecule has 0 amide bonds. The molecule has 1 aromatic heterocycles. The first-order chi connectivity index (χ1) is 10.2. The first kappa shape index (κ1) is 14.8. The molecule has 0 radical (unpaired) electrons. The van der Waals surface area contributed by atoms with Gasteiger partial charge in [0.15, 0.2) is 0 Å². The van der Waals surface area contributed by atoms with Crippen LogP contribution in [0.5, 0.6) is 17.4 Å². The molecule has 0 aliphatic heterocycles. The molecule has 0 aliphatic rings. The number of pyridine rings is 1. The molecule has 5 nitrogen and oxygen atoms in total. The van der Waals surface area contributed by atoms with Gasteiger partial charge in [-0.1, -0.05) is 6.07 Å². The first-order valence-corrected chi connectivity index (χ1v) is 6.56. The van der Waals surface area contributed by atoms with Gasteiger partial charge in [-0.25, -0.2) is 4.98 Å². The lowest BCUT2D eigenvalue weighted by Gasteiger charge is -2.11. The Bertz CT molecular complexity index is 648. The number of nitrogens with one attached hydrogen (secondary N) is 1. The van der Waals surface area contributed by atoms with Crippen molar-refractivity contribution in [3.63, 3.8) is 0 Å². The van der Waals surface area contributed by atoms with E-state index in [0.29, 0.717) is 22.9 Å². The van der Waals surface area contributed by atoms with Crippen molar-refractivity contribution in [2.24, 2.45) is 0 Å². The Morgan fingerprint density at radius 2 is 2.00 bits per heavy atom. The monoisotopic (exact) mass is 283 g/mol. The van der Waals surface area contributed by atoms with Crippen LogP contribution in [0.2, 0.25) is 0 Å². The maximum absolute atomic E-state index is 8.99. The van der Waals surface area contributed by atoms with E-state index < -0.39 is 0 Å². The van der Waals surface area contributed by atoms with Crippen LogP contribution in [-0.2, 0) is 0 Å². The number of ether oxygens (including phenoxy) is 2. The summed E-state index contributed by atoms with van der Waals surface area (Å²) in [6, 6.07) is 11.1. The molecule has 0 saturated carbocycles. The Labute approximate surface area is 124 Å². The molecule has 0 aliphatic carbocycles. The Balaban J connectivity index is 2.20. The fourth-order valence-corrected chi connectivity index (χ4v) is 1.81. The zero-order valence-corrected chi connectivity index (χ0v) is 12.3. The zero-order chi connectivity index (χ0) is 15.2. The van der Waals surface area contributed by atoms with Crippen LogP contribution >= 0.6 is 0 Å². The molecule has 1 heterocycles. The van der Waals surface area contributed by atoms with Gasteiger partial charge in [-0.15, -0.1) is 0 Å². The van der Waals surface area contributed by atoms with Crippen molar-refractivity contribution in [2.45, 2.75) is 13.0 Å². The van der Waals surface area contributed by atoms with Crippen LogP contribution in [0.15, 0.2) is 36.5 Å². The van der Waals surface area contributed by atoms with E-state index in [1.54, 1.807) is 37.6 Å². The van der Waals surface area contributed by atoms with E-state index in [2.05, 4.69) is 23.3 Å². The summed E-state index contributed by atoms with van der Waals surface area (Å²) in [5.74, 6) is 1.57. The van der Waals surface area contributed by atoms with Gasteiger partial charge in [-0.3, -0.25) is 0 Å². The summed E-state index contributed by atoms with van der Waals surface area (Å²) in [7, 11) is 3.45. The summed E-state index contributed by atoms with van der Waals surface area (Å²) in [4.78, 5) is 4.27. The van der Waals surface area contributed by atoms with Crippen molar-refractivity contribution >= 4 is 0 Å². The Morgan fingerprint density at radius 3 is 2.57 bits per heavy atom. The lowest BCUT2D eigenvalue weighted by molar-refractivity contribution is 0.407. The largest absolute Gasteiger partial charge is 0.497 e. The topological polar surface area (TPSA) is 67.2 Å². The molecule has 108 valence electrons. The van der Waals surface area contributed by atoms with Crippen molar-refractivity contribution in [3.8, 4) is 23.4 Å². The number of hydrogen-bond acceptors (Lipinski definition) is 5. The van der Waals surface area contributed by atoms with E-state index in [4.69, 9.17) is 14.7 Å². The van der Waals surface area contributed by atoms with E-state index in [-0.39, 0.29) is 6.04 Å². The standard InChI is InChI=1S/C16H17N3O2/c1-11(18-2)13-4-5-16(19-10-13)21-15-7-12(9-17)6-14(8-15)20-3/h4-8,10-11,18H,1-3H3. The van der Waals surface area contributed by atoms with Crippen molar-refractivity contribution in [1.29, 1.82) is 5.26 Å². The van der Waals surface area contributed by atoms with Gasteiger partial charge < -0.3 is 14.8 Å². The number of nitrogens with zero attached hydrogens (tertiary/aromatic N) is 2. The summed E-state index contributed by atoms with van der Waals surface area (Å²) in [5, 5.41) is 12.1. The van der Waals surface area contributed by atoms with Crippen molar-refractivity contribution in [2.75, 3.05) is 14.2 Å². The highest BCUT2D eigenvalue weighted by molar-refractivity contribution is 5.45. The summed E-state index contributed by atoms with van der Waals surface area (Å²) in [6.07, 6.45) is 1.77. The second-order valence-electron chi connectivity index (χ2n) is 4.55. The van der Waals surface area contributed by atoms with Crippen molar-refractivity contribution in [3.05, 3.63) is 47.7 Å². The van der Waals surface area contributed by atoms with Gasteiger partial charge >= 0.3 is 0 Å². The maximum Gasteiger partial charge on any atom is 0.219 e. The average molecular weight is 283 g/mol. The minimum absolute atomic E-state index is 0.230. The van der Waals surface area contributed by atoms with Gasteiger partial charge in [-0.2, -0.15) is 5.26 Å². The second-order valence-corrected chi connectivity index (χ2v) is 4.55. The number of aromatic nitrogens is 1. The Hall–Kier alpha value is -2.58. The van der Waals surface area contributed by atoms with Gasteiger partial charge in [0.2, 0.25) is 5.88 Å². The van der Waals surface area contributed by atoms with Crippen molar-refractivity contribution < 1.29 is 9.47 Å². The van der Waals surface area contributed by atoms with Gasteiger partial charge in [-0.05, 0) is 31.7 Å². The molecule has 1 unspecified atom stereocenters. The van der Waals surface area contributed by atoms with E-state index in [9.17, 15) is 0 Å². The van der Waals surface area contributed by atoms with E-state index >= 15 is 0 Å². The third-order valence-electron chi connectivity index (χ3n) is 3.16. The van der Waals surface area contributed by atoms with Gasteiger partial charge in [0, 0.05) is 24.4 Å². The molecule has 5 heteroatoms. The summed E-state index contributed by atoms with van der Waals surface area (Å²) >= 11 is 0. The molecule has 1 aromatic carbocycles. The molecular weight excluding hydrogens is 266 g/mol. The molecule has 0 bridgehead atoms. The van der Waals surface area contributed by atoms with Crippen LogP contribution in [0, 0.1) is 11.3 Å². The number of nitriles is 1. The number of hydrogen-bond donors (Lipinski definition) is 1. The molecule has 0 fully saturated rings. The quantitative estimate of drug-likeness (QED) is 0.913. The van der Waals surface area contributed by atoms with Gasteiger partial charge in [0.05, 0.1) is 18.7 Å². The zero-order valence-electron chi connectivity index (χ0n) is 12.3. The average Bonchev–Trinajstić information content (AvgIpc) is 2.54. The highest BCUT2D eigenvalue weighted by atomic mass is 16.5. The number of methoxy groups -OCH3 is 1. The van der Waals surface area contributed by atoms with E-state index in [1.165, 1.54) is 0 Å². The third-order valence-corrected chi connectivity index (χ3v) is 3.16. The van der Waals surface area contributed by atoms with Crippen LogP contribution in [0.4, 0.5) is 0 Å². The van der Waals surface area contributed by atoms with Gasteiger partial charge in [0.1, 0.15) is 11.5 Å². The SMILES string of the molecule is CNC(C)c1ccc(Oc2cc(C#N)cc(OC)c2)nc1. The molecule has 21 heavy (non-hydrogen) atoms. The van der Waals surface area contributed by atoms with Crippen LogP contribution < -0.4 is 14.8 Å². The highest BCUT2D eigenvalue weighted by Crippen LogP contribution is 2.26. The highest BCUT2D eigenvalue weighted by Gasteiger charge is 2.06. The maximum atomic E-state index is 8.99. The number of benzene rings is 1. The third kappa shape index (κ3) is 3.71. The van der Waals surface area contributed by atoms with Crippen LogP contribution in [0.1, 0.15) is 24.1 Å². The second kappa shape index (κ2) is 6.73. The van der Waals surface area contributed by atoms with Gasteiger partial charge in [0.25, 0.3) is 0 Å². The Kier molecular flexibility index (Phi) is 4.75. The summed E-state index contributed by atoms with van der Waals surface area (Å²) in [6.45, 7) is 2.05. The lowest BCUT2D eigenvalue weighted by Crippen LogP contribution is -2.12. The normalized spacial score (nSPS) is 11.5. The molecule has 1 N–H and O–H groups in total. The molecule has 2 rings (SSSR count). The lowest BCUT2D eigenvalue weighted by atomic mass is 10.1. The van der Waals surface area contributed by atoms with Crippen LogP contribution in [-0.4, -0.2) is 19.1 Å². The predicted molar refractivity (Wildman–Crippen MR) is 79.5 cm³/mol. The summed E-state index contributed by atoms with van der Waals surface area (Å²) in [5.41, 5.74) is 1.55. The van der Waals surface area contributed by atoms with Crippen LogP contribution in [0.3, 0.4) is 0 Å². The first-order valence-electron chi connectivity index (χ1n) is 6.56. The fourth-order valence-electron chi connectivity index (χ4n) is 1.81. The molecule has 2 aromatic rings. The molecule has 0 saturated heterocycles. The Morgan fingerprint density at radius 1 is 1.24 bits per heavy atom. The minimum Gasteiger partial charge on any atom is -0.497 e. The summed E-state index contributed by atoms with van der Waals surface area (Å²) < 4.78 is 10.8. The molecule has 0 spiro atoms. The van der Waals surface area contributed by atoms with E-state index in [0.717, 1.165) is 5.56 Å². The smallest absolute Gasteiger partial charge is 0.219 e. The predicted octanol–water partition coefficient (Wildman–Crippen LogP) is 3.03. The van der Waals surface area contributed by atoms with Crippen molar-refractivity contribution in [1.82, 2.24) is 10.3 Å². The van der Waals surface area contributed by atoms with E-state index in [1.807, 2.05) is 13.1 Å². The number of rotatable bonds is 5. The minimum atomic E-state index is 0.230. The fraction of sp³-hybridized carbons (Fsp3) is 0.250.